The minimum atomic E-state index is -1.19. The fourth-order valence-electron chi connectivity index (χ4n) is 2.37. The summed E-state index contributed by atoms with van der Waals surface area (Å²) < 4.78 is 1.56. The second-order valence-electron chi connectivity index (χ2n) is 5.42. The fourth-order valence-corrected chi connectivity index (χ4v) is 2.37. The van der Waals surface area contributed by atoms with E-state index in [0.717, 1.165) is 24.2 Å². The first-order chi connectivity index (χ1) is 10.5. The third kappa shape index (κ3) is 3.62. The number of benzene rings is 1. The number of hydrogen-bond donors (Lipinski definition) is 1. The minimum Gasteiger partial charge on any atom is -0.477 e. The Balaban J connectivity index is 2.46. The molecular formula is C17H20N2O3. The van der Waals surface area contributed by atoms with Gasteiger partial charge in [0, 0.05) is 6.54 Å². The number of nitrogens with zero attached hydrogens (tertiary/aromatic N) is 2. The van der Waals surface area contributed by atoms with Crippen molar-refractivity contribution in [2.24, 2.45) is 0 Å². The maximum Gasteiger partial charge on any atom is 0.341 e. The second-order valence-corrected chi connectivity index (χ2v) is 5.42. The molecule has 2 rings (SSSR count). The first kappa shape index (κ1) is 16.0. The Bertz CT molecular complexity index is 706. The molecule has 0 amide bonds. The van der Waals surface area contributed by atoms with Crippen LogP contribution in [0.25, 0.3) is 11.3 Å². The summed E-state index contributed by atoms with van der Waals surface area (Å²) in [5.74, 6) is -1.19. The van der Waals surface area contributed by atoms with Crippen molar-refractivity contribution in [3.8, 4) is 11.3 Å². The van der Waals surface area contributed by atoms with E-state index in [1.807, 2.05) is 49.3 Å². The third-order valence-corrected chi connectivity index (χ3v) is 3.46. The van der Waals surface area contributed by atoms with Crippen LogP contribution in [0, 0.1) is 0 Å². The van der Waals surface area contributed by atoms with Crippen molar-refractivity contribution in [2.45, 2.75) is 13.0 Å². The van der Waals surface area contributed by atoms with Crippen LogP contribution >= 0.6 is 0 Å². The van der Waals surface area contributed by atoms with E-state index in [9.17, 15) is 9.59 Å². The summed E-state index contributed by atoms with van der Waals surface area (Å²) in [5, 5.41) is 9.14. The highest BCUT2D eigenvalue weighted by Crippen LogP contribution is 2.18. The number of pyridine rings is 1. The van der Waals surface area contributed by atoms with Crippen molar-refractivity contribution in [1.82, 2.24) is 9.47 Å². The molecular weight excluding hydrogens is 280 g/mol. The van der Waals surface area contributed by atoms with Gasteiger partial charge in [-0.05, 0) is 44.8 Å². The van der Waals surface area contributed by atoms with Crippen LogP contribution in [-0.4, -0.2) is 41.2 Å². The zero-order chi connectivity index (χ0) is 16.1. The van der Waals surface area contributed by atoms with Crippen LogP contribution in [0.1, 0.15) is 16.8 Å². The number of carbonyl (C=O) groups is 1. The van der Waals surface area contributed by atoms with Gasteiger partial charge in [-0.1, -0.05) is 30.3 Å². The largest absolute Gasteiger partial charge is 0.477 e. The molecule has 0 saturated heterocycles. The van der Waals surface area contributed by atoms with Gasteiger partial charge in [-0.3, -0.25) is 4.79 Å². The summed E-state index contributed by atoms with van der Waals surface area (Å²) in [5.41, 5.74) is 1.01. The molecule has 5 heteroatoms. The molecule has 0 bridgehead atoms. The molecule has 0 unspecified atom stereocenters. The average Bonchev–Trinajstić information content (AvgIpc) is 2.49. The van der Waals surface area contributed by atoms with Crippen molar-refractivity contribution in [2.75, 3.05) is 20.6 Å². The lowest BCUT2D eigenvalue weighted by atomic mass is 10.1. The molecule has 22 heavy (non-hydrogen) atoms. The molecule has 0 radical (unpaired) electrons. The molecule has 0 atom stereocenters. The molecule has 5 nitrogen and oxygen atoms in total. The molecule has 0 aliphatic heterocycles. The summed E-state index contributed by atoms with van der Waals surface area (Å²) in [6.07, 6.45) is 0.774. The van der Waals surface area contributed by atoms with Gasteiger partial charge in [0.15, 0.2) is 0 Å². The fraction of sp³-hybridized carbons (Fsp3) is 0.294. The van der Waals surface area contributed by atoms with E-state index in [2.05, 4.69) is 0 Å². The van der Waals surface area contributed by atoms with Crippen LogP contribution in [0.15, 0.2) is 47.3 Å². The molecule has 1 N–H and O–H groups in total. The van der Waals surface area contributed by atoms with Gasteiger partial charge in [0.2, 0.25) is 0 Å². The van der Waals surface area contributed by atoms with E-state index >= 15 is 0 Å². The second kappa shape index (κ2) is 7.04. The topological polar surface area (TPSA) is 62.5 Å². The maximum absolute atomic E-state index is 12.4. The van der Waals surface area contributed by atoms with Crippen LogP contribution in [-0.2, 0) is 6.54 Å². The highest BCUT2D eigenvalue weighted by Gasteiger charge is 2.14. The number of carboxylic acids is 1. The Morgan fingerprint density at radius 1 is 1.14 bits per heavy atom. The number of aromatic nitrogens is 1. The van der Waals surface area contributed by atoms with Crippen molar-refractivity contribution < 1.29 is 9.90 Å². The van der Waals surface area contributed by atoms with Crippen molar-refractivity contribution in [3.05, 3.63) is 58.4 Å². The quantitative estimate of drug-likeness (QED) is 0.888. The minimum absolute atomic E-state index is 0.190. The first-order valence-corrected chi connectivity index (χ1v) is 7.18. The van der Waals surface area contributed by atoms with E-state index in [1.165, 1.54) is 6.07 Å². The number of hydrogen-bond acceptors (Lipinski definition) is 3. The molecule has 0 aliphatic carbocycles. The van der Waals surface area contributed by atoms with E-state index in [-0.39, 0.29) is 5.56 Å². The van der Waals surface area contributed by atoms with Crippen molar-refractivity contribution >= 4 is 5.97 Å². The highest BCUT2D eigenvalue weighted by molar-refractivity contribution is 5.87. The summed E-state index contributed by atoms with van der Waals surface area (Å²) in [6.45, 7) is 1.32. The van der Waals surface area contributed by atoms with Gasteiger partial charge in [-0.15, -0.1) is 0 Å². The Morgan fingerprint density at radius 3 is 2.41 bits per heavy atom. The molecule has 0 spiro atoms. The Kier molecular flexibility index (Phi) is 5.12. The van der Waals surface area contributed by atoms with Gasteiger partial charge >= 0.3 is 5.97 Å². The Morgan fingerprint density at radius 2 is 1.82 bits per heavy atom. The predicted octanol–water partition coefficient (Wildman–Crippen LogP) is 2.17. The summed E-state index contributed by atoms with van der Waals surface area (Å²) in [7, 11) is 3.93. The normalized spacial score (nSPS) is 10.9. The molecule has 0 fully saturated rings. The number of aromatic carboxylic acids is 1. The summed E-state index contributed by atoms with van der Waals surface area (Å²) in [4.78, 5) is 25.7. The lowest BCUT2D eigenvalue weighted by Gasteiger charge is -2.15. The van der Waals surface area contributed by atoms with Gasteiger partial charge in [-0.2, -0.15) is 0 Å². The number of carboxylic acid groups (broad SMARTS) is 1. The third-order valence-electron chi connectivity index (χ3n) is 3.46. The van der Waals surface area contributed by atoms with Crippen LogP contribution in [0.3, 0.4) is 0 Å². The van der Waals surface area contributed by atoms with Crippen LogP contribution in [0.5, 0.6) is 0 Å². The summed E-state index contributed by atoms with van der Waals surface area (Å²) in [6, 6.07) is 12.6. The standard InChI is InChI=1S/C17H20N2O3/c1-18(2)11-6-12-19-15(13-7-4-3-5-8-13)10-9-14(16(19)20)17(21)22/h3-5,7-10H,6,11-12H2,1-2H3,(H,21,22). The monoisotopic (exact) mass is 300 g/mol. The van der Waals surface area contributed by atoms with Gasteiger partial charge in [0.05, 0.1) is 5.69 Å². The van der Waals surface area contributed by atoms with Crippen molar-refractivity contribution in [1.29, 1.82) is 0 Å². The summed E-state index contributed by atoms with van der Waals surface area (Å²) >= 11 is 0. The Hall–Kier alpha value is -2.40. The molecule has 1 aromatic heterocycles. The van der Waals surface area contributed by atoms with Gasteiger partial charge in [0.25, 0.3) is 5.56 Å². The van der Waals surface area contributed by atoms with Crippen LogP contribution in [0.2, 0.25) is 0 Å². The highest BCUT2D eigenvalue weighted by atomic mass is 16.4. The SMILES string of the molecule is CN(C)CCCn1c(-c2ccccc2)ccc(C(=O)O)c1=O. The first-order valence-electron chi connectivity index (χ1n) is 7.18. The zero-order valence-corrected chi connectivity index (χ0v) is 12.8. The van der Waals surface area contributed by atoms with E-state index < -0.39 is 11.5 Å². The van der Waals surface area contributed by atoms with Gasteiger partial charge in [0.1, 0.15) is 5.56 Å². The Labute approximate surface area is 129 Å². The molecule has 1 heterocycles. The maximum atomic E-state index is 12.4. The van der Waals surface area contributed by atoms with E-state index in [1.54, 1.807) is 10.6 Å². The van der Waals surface area contributed by atoms with Crippen molar-refractivity contribution in [3.63, 3.8) is 0 Å². The molecule has 116 valence electrons. The molecule has 2 aromatic rings. The zero-order valence-electron chi connectivity index (χ0n) is 12.8. The van der Waals surface area contributed by atoms with Crippen LogP contribution in [0.4, 0.5) is 0 Å². The predicted molar refractivity (Wildman–Crippen MR) is 86.3 cm³/mol. The van der Waals surface area contributed by atoms with Crippen LogP contribution < -0.4 is 5.56 Å². The molecule has 0 saturated carbocycles. The lowest BCUT2D eigenvalue weighted by molar-refractivity contribution is 0.0694. The lowest BCUT2D eigenvalue weighted by Crippen LogP contribution is -2.28. The van der Waals surface area contributed by atoms with E-state index in [4.69, 9.17) is 5.11 Å². The molecule has 1 aromatic carbocycles. The molecule has 0 aliphatic rings. The smallest absolute Gasteiger partial charge is 0.341 e. The number of rotatable bonds is 6. The average molecular weight is 300 g/mol. The van der Waals surface area contributed by atoms with Gasteiger partial charge in [-0.25, -0.2) is 4.79 Å². The van der Waals surface area contributed by atoms with E-state index in [0.29, 0.717) is 6.54 Å². The van der Waals surface area contributed by atoms with Gasteiger partial charge < -0.3 is 14.6 Å².